The van der Waals surface area contributed by atoms with Gasteiger partial charge in [-0.15, -0.1) is 0 Å². The molecule has 1 aromatic heterocycles. The summed E-state index contributed by atoms with van der Waals surface area (Å²) in [5, 5.41) is 0. The van der Waals surface area contributed by atoms with E-state index >= 15 is 0 Å². The highest BCUT2D eigenvalue weighted by molar-refractivity contribution is 5.35. The number of hydrogen-bond donors (Lipinski definition) is 0. The predicted octanol–water partition coefficient (Wildman–Crippen LogP) is 3.73. The van der Waals surface area contributed by atoms with Crippen LogP contribution in [0, 0.1) is 0 Å². The summed E-state index contributed by atoms with van der Waals surface area (Å²) in [7, 11) is 0. The molecule has 1 heterocycles. The van der Waals surface area contributed by atoms with Crippen molar-refractivity contribution >= 4 is 0 Å². The van der Waals surface area contributed by atoms with E-state index in [9.17, 15) is 0 Å². The first-order valence-electron chi connectivity index (χ1n) is 7.26. The zero-order valence-corrected chi connectivity index (χ0v) is 12.5. The SMILES string of the molecule is c1ccc(Oc2ccc(OCCOc3ncccn3)cc2)cc1. The molecule has 0 spiro atoms. The van der Waals surface area contributed by atoms with E-state index in [0.717, 1.165) is 17.2 Å². The fourth-order valence-corrected chi connectivity index (χ4v) is 1.88. The van der Waals surface area contributed by atoms with Gasteiger partial charge in [-0.25, -0.2) is 9.97 Å². The lowest BCUT2D eigenvalue weighted by molar-refractivity contribution is 0.206. The number of rotatable bonds is 7. The predicted molar refractivity (Wildman–Crippen MR) is 86.0 cm³/mol. The van der Waals surface area contributed by atoms with Crippen molar-refractivity contribution < 1.29 is 14.2 Å². The molecule has 0 N–H and O–H groups in total. The van der Waals surface area contributed by atoms with Crippen molar-refractivity contribution in [1.82, 2.24) is 9.97 Å². The molecule has 116 valence electrons. The van der Waals surface area contributed by atoms with Crippen LogP contribution in [0.5, 0.6) is 23.3 Å². The first-order valence-corrected chi connectivity index (χ1v) is 7.26. The normalized spacial score (nSPS) is 10.1. The zero-order valence-electron chi connectivity index (χ0n) is 12.5. The molecule has 0 radical (unpaired) electrons. The number of aromatic nitrogens is 2. The first kappa shape index (κ1) is 14.8. The number of ether oxygens (including phenoxy) is 3. The Morgan fingerprint density at radius 2 is 1.22 bits per heavy atom. The van der Waals surface area contributed by atoms with Crippen LogP contribution in [0.4, 0.5) is 0 Å². The maximum absolute atomic E-state index is 5.72. The lowest BCUT2D eigenvalue weighted by Gasteiger charge is -2.09. The van der Waals surface area contributed by atoms with Crippen LogP contribution in [0.15, 0.2) is 73.1 Å². The van der Waals surface area contributed by atoms with Gasteiger partial charge in [-0.1, -0.05) is 18.2 Å². The Morgan fingerprint density at radius 3 is 1.96 bits per heavy atom. The molecule has 0 bridgehead atoms. The van der Waals surface area contributed by atoms with Gasteiger partial charge in [0, 0.05) is 12.4 Å². The monoisotopic (exact) mass is 308 g/mol. The summed E-state index contributed by atoms with van der Waals surface area (Å²) in [5.41, 5.74) is 0. The summed E-state index contributed by atoms with van der Waals surface area (Å²) in [5.74, 6) is 2.32. The van der Waals surface area contributed by atoms with E-state index in [4.69, 9.17) is 14.2 Å². The highest BCUT2D eigenvalue weighted by Gasteiger charge is 1.99. The van der Waals surface area contributed by atoms with Gasteiger partial charge in [0.05, 0.1) is 0 Å². The quantitative estimate of drug-likeness (QED) is 0.623. The third-order valence-corrected chi connectivity index (χ3v) is 2.93. The molecule has 0 amide bonds. The van der Waals surface area contributed by atoms with Gasteiger partial charge in [0.15, 0.2) is 0 Å². The summed E-state index contributed by atoms with van der Waals surface area (Å²) < 4.78 is 16.7. The van der Waals surface area contributed by atoms with Crippen molar-refractivity contribution in [3.8, 4) is 23.3 Å². The minimum atomic E-state index is 0.350. The highest BCUT2D eigenvalue weighted by Crippen LogP contribution is 2.23. The van der Waals surface area contributed by atoms with Crippen molar-refractivity contribution in [1.29, 1.82) is 0 Å². The Balaban J connectivity index is 1.44. The maximum Gasteiger partial charge on any atom is 0.316 e. The van der Waals surface area contributed by atoms with E-state index in [1.54, 1.807) is 18.5 Å². The zero-order chi connectivity index (χ0) is 15.7. The molecule has 3 aromatic rings. The van der Waals surface area contributed by atoms with Gasteiger partial charge in [-0.3, -0.25) is 0 Å². The number of benzene rings is 2. The van der Waals surface area contributed by atoms with E-state index in [0.29, 0.717) is 19.2 Å². The summed E-state index contributed by atoms with van der Waals surface area (Å²) in [6.07, 6.45) is 3.27. The Labute approximate surface area is 134 Å². The Kier molecular flexibility index (Phi) is 5.03. The van der Waals surface area contributed by atoms with Crippen molar-refractivity contribution in [3.05, 3.63) is 73.1 Å². The van der Waals surface area contributed by atoms with Gasteiger partial charge in [-0.2, -0.15) is 0 Å². The molecule has 0 aliphatic carbocycles. The highest BCUT2D eigenvalue weighted by atomic mass is 16.5. The standard InChI is InChI=1S/C18H16N2O3/c1-2-5-16(6-3-1)23-17-9-7-15(8-10-17)21-13-14-22-18-19-11-4-12-20-18/h1-12H,13-14H2. The molecule has 23 heavy (non-hydrogen) atoms. The fourth-order valence-electron chi connectivity index (χ4n) is 1.88. The largest absolute Gasteiger partial charge is 0.490 e. The molecule has 2 aromatic carbocycles. The third kappa shape index (κ3) is 4.71. The van der Waals surface area contributed by atoms with E-state index in [2.05, 4.69) is 9.97 Å². The van der Waals surface area contributed by atoms with Crippen LogP contribution in [-0.4, -0.2) is 23.2 Å². The van der Waals surface area contributed by atoms with Crippen molar-refractivity contribution in [2.45, 2.75) is 0 Å². The minimum Gasteiger partial charge on any atom is -0.490 e. The van der Waals surface area contributed by atoms with E-state index in [1.807, 2.05) is 54.6 Å². The molecular weight excluding hydrogens is 292 g/mol. The minimum absolute atomic E-state index is 0.350. The average molecular weight is 308 g/mol. The maximum atomic E-state index is 5.72. The van der Waals surface area contributed by atoms with Crippen molar-refractivity contribution in [2.75, 3.05) is 13.2 Å². The molecule has 0 atom stereocenters. The van der Waals surface area contributed by atoms with E-state index < -0.39 is 0 Å². The number of para-hydroxylation sites is 1. The van der Waals surface area contributed by atoms with Gasteiger partial charge < -0.3 is 14.2 Å². The second-order valence-corrected chi connectivity index (χ2v) is 4.61. The number of hydrogen-bond acceptors (Lipinski definition) is 5. The van der Waals surface area contributed by atoms with Crippen LogP contribution < -0.4 is 14.2 Å². The average Bonchev–Trinajstić information content (AvgIpc) is 2.62. The molecule has 0 aliphatic heterocycles. The van der Waals surface area contributed by atoms with Crippen LogP contribution >= 0.6 is 0 Å². The lowest BCUT2D eigenvalue weighted by Crippen LogP contribution is -2.10. The molecule has 0 saturated carbocycles. The van der Waals surface area contributed by atoms with Crippen LogP contribution in [0.3, 0.4) is 0 Å². The van der Waals surface area contributed by atoms with Crippen LogP contribution in [0.1, 0.15) is 0 Å². The van der Waals surface area contributed by atoms with Crippen LogP contribution in [0.25, 0.3) is 0 Å². The summed E-state index contributed by atoms with van der Waals surface area (Å²) >= 11 is 0. The van der Waals surface area contributed by atoms with Crippen molar-refractivity contribution in [2.24, 2.45) is 0 Å². The summed E-state index contributed by atoms with van der Waals surface area (Å²) in [6.45, 7) is 0.795. The second kappa shape index (κ2) is 7.79. The molecule has 5 heteroatoms. The summed E-state index contributed by atoms with van der Waals surface area (Å²) in [4.78, 5) is 7.94. The Morgan fingerprint density at radius 1 is 0.609 bits per heavy atom. The van der Waals surface area contributed by atoms with E-state index in [-0.39, 0.29) is 0 Å². The van der Waals surface area contributed by atoms with Gasteiger partial charge in [-0.05, 0) is 42.5 Å². The smallest absolute Gasteiger partial charge is 0.316 e. The molecule has 0 saturated heterocycles. The molecule has 0 fully saturated rings. The van der Waals surface area contributed by atoms with E-state index in [1.165, 1.54) is 0 Å². The number of nitrogens with zero attached hydrogens (tertiary/aromatic N) is 2. The molecule has 0 aliphatic rings. The van der Waals surface area contributed by atoms with Gasteiger partial charge in [0.2, 0.25) is 0 Å². The Hall–Kier alpha value is -3.08. The van der Waals surface area contributed by atoms with Gasteiger partial charge >= 0.3 is 6.01 Å². The molecule has 3 rings (SSSR count). The fraction of sp³-hybridized carbons (Fsp3) is 0.111. The second-order valence-electron chi connectivity index (χ2n) is 4.61. The van der Waals surface area contributed by atoms with Crippen molar-refractivity contribution in [3.63, 3.8) is 0 Å². The summed E-state index contributed by atoms with van der Waals surface area (Å²) in [6, 6.07) is 19.2. The lowest BCUT2D eigenvalue weighted by atomic mass is 10.3. The van der Waals surface area contributed by atoms with Gasteiger partial charge in [0.25, 0.3) is 0 Å². The topological polar surface area (TPSA) is 53.5 Å². The van der Waals surface area contributed by atoms with Gasteiger partial charge in [0.1, 0.15) is 30.5 Å². The van der Waals surface area contributed by atoms with Crippen LogP contribution in [-0.2, 0) is 0 Å². The Bertz CT molecular complexity index is 703. The molecule has 5 nitrogen and oxygen atoms in total. The molecule has 0 unspecified atom stereocenters. The molecular formula is C18H16N2O3. The first-order chi connectivity index (χ1) is 11.4. The third-order valence-electron chi connectivity index (χ3n) is 2.93. The van der Waals surface area contributed by atoms with Crippen LogP contribution in [0.2, 0.25) is 0 Å².